The van der Waals surface area contributed by atoms with E-state index < -0.39 is 0 Å². The van der Waals surface area contributed by atoms with E-state index in [4.69, 9.17) is 16.0 Å². The van der Waals surface area contributed by atoms with Gasteiger partial charge in [0.05, 0.1) is 0 Å². The highest BCUT2D eigenvalue weighted by atomic mass is 35.5. The second-order valence-electron chi connectivity index (χ2n) is 4.96. The highest BCUT2D eigenvalue weighted by Gasteiger charge is 2.25. The number of hydrogen-bond acceptors (Lipinski definition) is 2. The first-order valence-corrected chi connectivity index (χ1v) is 6.98. The number of amides is 1. The summed E-state index contributed by atoms with van der Waals surface area (Å²) < 4.78 is 5.55. The molecule has 0 saturated heterocycles. The fraction of sp³-hybridized carbons (Fsp3) is 0.400. The predicted molar refractivity (Wildman–Crippen MR) is 77.7 cm³/mol. The Morgan fingerprint density at radius 3 is 2.79 bits per heavy atom. The van der Waals surface area contributed by atoms with Crippen molar-refractivity contribution in [2.24, 2.45) is 0 Å². The van der Waals surface area contributed by atoms with Crippen LogP contribution in [0, 0.1) is 0 Å². The lowest BCUT2D eigenvalue weighted by molar-refractivity contribution is 0.0875. The van der Waals surface area contributed by atoms with E-state index >= 15 is 0 Å². The van der Waals surface area contributed by atoms with E-state index in [9.17, 15) is 4.79 Å². The van der Waals surface area contributed by atoms with E-state index in [0.717, 1.165) is 23.8 Å². The zero-order valence-electron chi connectivity index (χ0n) is 11.2. The van der Waals surface area contributed by atoms with E-state index in [-0.39, 0.29) is 11.4 Å². The number of alkyl halides is 1. The summed E-state index contributed by atoms with van der Waals surface area (Å²) in [6.45, 7) is 4.03. The molecule has 1 heterocycles. The number of rotatable bonds is 5. The highest BCUT2D eigenvalue weighted by molar-refractivity contribution is 6.17. The molecule has 3 nitrogen and oxygen atoms in total. The SMILES string of the molecule is CCC(C)(CCCl)NC(=O)c1cc2ccccc2o1. The summed E-state index contributed by atoms with van der Waals surface area (Å²) in [6.07, 6.45) is 1.56. The zero-order valence-corrected chi connectivity index (χ0v) is 12.0. The molecule has 1 aromatic carbocycles. The average molecular weight is 280 g/mol. The molecule has 19 heavy (non-hydrogen) atoms. The van der Waals surface area contributed by atoms with Gasteiger partial charge >= 0.3 is 0 Å². The smallest absolute Gasteiger partial charge is 0.287 e. The molecule has 1 atom stereocenters. The second-order valence-corrected chi connectivity index (χ2v) is 5.33. The summed E-state index contributed by atoms with van der Waals surface area (Å²) in [5.41, 5.74) is 0.431. The molecule has 2 rings (SSSR count). The summed E-state index contributed by atoms with van der Waals surface area (Å²) in [6, 6.07) is 9.35. The molecule has 1 N–H and O–H groups in total. The number of hydrogen-bond donors (Lipinski definition) is 1. The maximum absolute atomic E-state index is 12.2. The number of halogens is 1. The van der Waals surface area contributed by atoms with Crippen LogP contribution in [0.3, 0.4) is 0 Å². The van der Waals surface area contributed by atoms with Gasteiger partial charge in [-0.05, 0) is 31.9 Å². The summed E-state index contributed by atoms with van der Waals surface area (Å²) in [4.78, 5) is 12.2. The average Bonchev–Trinajstić information content (AvgIpc) is 2.83. The molecule has 1 unspecified atom stereocenters. The third kappa shape index (κ3) is 3.10. The Morgan fingerprint density at radius 1 is 1.42 bits per heavy atom. The Bertz CT molecular complexity index is 545. The monoisotopic (exact) mass is 279 g/mol. The van der Waals surface area contributed by atoms with Gasteiger partial charge < -0.3 is 9.73 Å². The van der Waals surface area contributed by atoms with Crippen molar-refractivity contribution >= 4 is 28.5 Å². The Kier molecular flexibility index (Phi) is 4.15. The Hall–Kier alpha value is -1.48. The van der Waals surface area contributed by atoms with Crippen molar-refractivity contribution in [3.63, 3.8) is 0 Å². The zero-order chi connectivity index (χ0) is 13.9. The first kappa shape index (κ1) is 13.9. The maximum atomic E-state index is 12.2. The van der Waals surface area contributed by atoms with Crippen molar-refractivity contribution in [1.82, 2.24) is 5.32 Å². The van der Waals surface area contributed by atoms with Gasteiger partial charge in [-0.1, -0.05) is 25.1 Å². The summed E-state index contributed by atoms with van der Waals surface area (Å²) in [5, 5.41) is 3.94. The van der Waals surface area contributed by atoms with Gasteiger partial charge in [-0.3, -0.25) is 4.79 Å². The van der Waals surface area contributed by atoms with Crippen LogP contribution >= 0.6 is 11.6 Å². The lowest BCUT2D eigenvalue weighted by Gasteiger charge is -2.28. The minimum Gasteiger partial charge on any atom is -0.451 e. The van der Waals surface area contributed by atoms with Crippen LogP contribution in [0.15, 0.2) is 34.7 Å². The van der Waals surface area contributed by atoms with Crippen LogP contribution in [0.5, 0.6) is 0 Å². The third-order valence-corrected chi connectivity index (χ3v) is 3.68. The van der Waals surface area contributed by atoms with Crippen LogP contribution in [-0.2, 0) is 0 Å². The molecule has 0 spiro atoms. The van der Waals surface area contributed by atoms with Gasteiger partial charge in [-0.2, -0.15) is 0 Å². The molecular formula is C15H18ClNO2. The maximum Gasteiger partial charge on any atom is 0.287 e. The summed E-state index contributed by atoms with van der Waals surface area (Å²) in [7, 11) is 0. The normalized spacial score (nSPS) is 14.3. The summed E-state index contributed by atoms with van der Waals surface area (Å²) in [5.74, 6) is 0.672. The van der Waals surface area contributed by atoms with Crippen molar-refractivity contribution in [1.29, 1.82) is 0 Å². The first-order chi connectivity index (χ1) is 9.08. The molecule has 4 heteroatoms. The van der Waals surface area contributed by atoms with Crippen molar-refractivity contribution in [2.45, 2.75) is 32.2 Å². The first-order valence-electron chi connectivity index (χ1n) is 6.45. The number of para-hydroxylation sites is 1. The molecule has 0 saturated carbocycles. The number of furan rings is 1. The molecule has 0 fully saturated rings. The molecule has 102 valence electrons. The van der Waals surface area contributed by atoms with Crippen molar-refractivity contribution < 1.29 is 9.21 Å². The lowest BCUT2D eigenvalue weighted by Crippen LogP contribution is -2.45. The molecule has 1 amide bonds. The number of nitrogens with one attached hydrogen (secondary N) is 1. The largest absolute Gasteiger partial charge is 0.451 e. The molecule has 2 aromatic rings. The minimum absolute atomic E-state index is 0.189. The van der Waals surface area contributed by atoms with Crippen LogP contribution < -0.4 is 5.32 Å². The fourth-order valence-electron chi connectivity index (χ4n) is 1.97. The van der Waals surface area contributed by atoms with E-state index in [1.54, 1.807) is 6.07 Å². The van der Waals surface area contributed by atoms with Crippen LogP contribution in [0.25, 0.3) is 11.0 Å². The van der Waals surface area contributed by atoms with Gasteiger partial charge in [0.25, 0.3) is 5.91 Å². The van der Waals surface area contributed by atoms with E-state index in [0.29, 0.717) is 11.6 Å². The fourth-order valence-corrected chi connectivity index (χ4v) is 2.38. The topological polar surface area (TPSA) is 42.2 Å². The van der Waals surface area contributed by atoms with Crippen molar-refractivity contribution in [3.05, 3.63) is 36.1 Å². The van der Waals surface area contributed by atoms with Gasteiger partial charge in [0.1, 0.15) is 5.58 Å². The van der Waals surface area contributed by atoms with Gasteiger partial charge in [0, 0.05) is 16.8 Å². The van der Waals surface area contributed by atoms with Crippen LogP contribution in [0.1, 0.15) is 37.2 Å². The third-order valence-electron chi connectivity index (χ3n) is 3.49. The Morgan fingerprint density at radius 2 is 2.16 bits per heavy atom. The molecule has 0 radical (unpaired) electrons. The van der Waals surface area contributed by atoms with Crippen LogP contribution in [-0.4, -0.2) is 17.3 Å². The van der Waals surface area contributed by atoms with Gasteiger partial charge in [0.2, 0.25) is 0 Å². The lowest BCUT2D eigenvalue weighted by atomic mass is 9.95. The molecule has 0 aliphatic carbocycles. The molecule has 0 aliphatic rings. The highest BCUT2D eigenvalue weighted by Crippen LogP contribution is 2.21. The van der Waals surface area contributed by atoms with Gasteiger partial charge in [-0.15, -0.1) is 11.6 Å². The van der Waals surface area contributed by atoms with Crippen LogP contribution in [0.4, 0.5) is 0 Å². The number of carbonyl (C=O) groups excluding carboxylic acids is 1. The molecule has 1 aromatic heterocycles. The minimum atomic E-state index is -0.294. The molecular weight excluding hydrogens is 262 g/mol. The van der Waals surface area contributed by atoms with Crippen molar-refractivity contribution in [2.75, 3.05) is 5.88 Å². The quantitative estimate of drug-likeness (QED) is 0.842. The van der Waals surface area contributed by atoms with E-state index in [1.165, 1.54) is 0 Å². The standard InChI is InChI=1S/C15H18ClNO2/c1-3-15(2,8-9-16)17-14(18)13-10-11-6-4-5-7-12(11)19-13/h4-7,10H,3,8-9H2,1-2H3,(H,17,18). The van der Waals surface area contributed by atoms with E-state index in [1.807, 2.05) is 38.1 Å². The Labute approximate surface area is 117 Å². The summed E-state index contributed by atoms with van der Waals surface area (Å²) >= 11 is 5.78. The van der Waals surface area contributed by atoms with Crippen LogP contribution in [0.2, 0.25) is 0 Å². The van der Waals surface area contributed by atoms with E-state index in [2.05, 4.69) is 5.32 Å². The number of carbonyl (C=O) groups is 1. The molecule has 0 bridgehead atoms. The van der Waals surface area contributed by atoms with Gasteiger partial charge in [-0.25, -0.2) is 0 Å². The van der Waals surface area contributed by atoms with Crippen molar-refractivity contribution in [3.8, 4) is 0 Å². The Balaban J connectivity index is 2.19. The predicted octanol–water partition coefficient (Wildman–Crippen LogP) is 3.96. The number of benzene rings is 1. The molecule has 0 aliphatic heterocycles. The number of fused-ring (bicyclic) bond motifs is 1. The second kappa shape index (κ2) is 5.66. The van der Waals surface area contributed by atoms with Gasteiger partial charge in [0.15, 0.2) is 5.76 Å².